The van der Waals surface area contributed by atoms with E-state index in [1.54, 1.807) is 26.0 Å². The fraction of sp³-hybridized carbons (Fsp3) is 0.611. The van der Waals surface area contributed by atoms with Crippen LogP contribution in [0.2, 0.25) is 0 Å². The summed E-state index contributed by atoms with van der Waals surface area (Å²) in [6, 6.07) is 6.10. The van der Waals surface area contributed by atoms with E-state index in [4.69, 9.17) is 0 Å². The number of rotatable bonds is 7. The van der Waals surface area contributed by atoms with Gasteiger partial charge in [0.2, 0.25) is 15.9 Å². The zero-order valence-corrected chi connectivity index (χ0v) is 17.3. The summed E-state index contributed by atoms with van der Waals surface area (Å²) in [6.07, 6.45) is 2.80. The summed E-state index contributed by atoms with van der Waals surface area (Å²) >= 11 is 0. The molecule has 0 spiro atoms. The van der Waals surface area contributed by atoms with Crippen molar-refractivity contribution in [3.63, 3.8) is 0 Å². The first-order valence-corrected chi connectivity index (χ1v) is 10.4. The van der Waals surface area contributed by atoms with Crippen molar-refractivity contribution in [2.24, 2.45) is 11.8 Å². The van der Waals surface area contributed by atoms with Gasteiger partial charge in [0.25, 0.3) is 0 Å². The highest BCUT2D eigenvalue weighted by molar-refractivity contribution is 7.89. The number of piperidine rings is 1. The molecule has 2 unspecified atom stereocenters. The molecular formula is C18H30ClN3O3S. The molecule has 2 rings (SSSR count). The molecule has 0 saturated carbocycles. The van der Waals surface area contributed by atoms with Gasteiger partial charge in [0, 0.05) is 18.2 Å². The van der Waals surface area contributed by atoms with Crippen LogP contribution in [0.25, 0.3) is 0 Å². The minimum Gasteiger partial charge on any atom is -0.326 e. The molecule has 1 fully saturated rings. The van der Waals surface area contributed by atoms with Gasteiger partial charge in [-0.3, -0.25) is 4.79 Å². The fourth-order valence-corrected chi connectivity index (χ4v) is 4.38. The number of nitrogens with one attached hydrogen (secondary N) is 3. The van der Waals surface area contributed by atoms with Crippen LogP contribution in [-0.2, 0) is 14.8 Å². The maximum absolute atomic E-state index is 12.2. The summed E-state index contributed by atoms with van der Waals surface area (Å²) in [7, 11) is -3.51. The SMILES string of the molecule is CC(C)NS(=O)(=O)c1ccc(NC(=O)CC(C)C2CCCNC2)cc1.Cl. The lowest BCUT2D eigenvalue weighted by Gasteiger charge is -2.28. The molecule has 26 heavy (non-hydrogen) atoms. The van der Waals surface area contributed by atoms with Gasteiger partial charge in [-0.2, -0.15) is 0 Å². The molecular weight excluding hydrogens is 374 g/mol. The maximum Gasteiger partial charge on any atom is 0.240 e. The van der Waals surface area contributed by atoms with Crippen LogP contribution in [0, 0.1) is 11.8 Å². The molecule has 1 aliphatic rings. The smallest absolute Gasteiger partial charge is 0.240 e. The summed E-state index contributed by atoms with van der Waals surface area (Å²) < 4.78 is 26.7. The summed E-state index contributed by atoms with van der Waals surface area (Å²) in [4.78, 5) is 12.4. The molecule has 1 aliphatic heterocycles. The fourth-order valence-electron chi connectivity index (χ4n) is 3.13. The lowest BCUT2D eigenvalue weighted by molar-refractivity contribution is -0.117. The lowest BCUT2D eigenvalue weighted by Crippen LogP contribution is -2.34. The Kier molecular flexibility index (Phi) is 9.03. The quantitative estimate of drug-likeness (QED) is 0.653. The zero-order chi connectivity index (χ0) is 18.4. The van der Waals surface area contributed by atoms with E-state index >= 15 is 0 Å². The topological polar surface area (TPSA) is 87.3 Å². The van der Waals surface area contributed by atoms with E-state index < -0.39 is 10.0 Å². The number of hydrogen-bond acceptors (Lipinski definition) is 4. The molecule has 0 aliphatic carbocycles. The van der Waals surface area contributed by atoms with Crippen LogP contribution in [0.1, 0.15) is 40.0 Å². The molecule has 6 nitrogen and oxygen atoms in total. The van der Waals surface area contributed by atoms with Gasteiger partial charge in [-0.25, -0.2) is 13.1 Å². The normalized spacial score (nSPS) is 18.8. The number of benzene rings is 1. The van der Waals surface area contributed by atoms with E-state index in [2.05, 4.69) is 22.3 Å². The molecule has 1 aromatic carbocycles. The first-order chi connectivity index (χ1) is 11.8. The molecule has 2 atom stereocenters. The monoisotopic (exact) mass is 403 g/mol. The van der Waals surface area contributed by atoms with Crippen LogP contribution in [0.15, 0.2) is 29.2 Å². The minimum atomic E-state index is -3.51. The minimum absolute atomic E-state index is 0. The van der Waals surface area contributed by atoms with Crippen LogP contribution < -0.4 is 15.4 Å². The van der Waals surface area contributed by atoms with Crippen molar-refractivity contribution in [1.29, 1.82) is 0 Å². The highest BCUT2D eigenvalue weighted by Crippen LogP contribution is 2.23. The van der Waals surface area contributed by atoms with Crippen molar-refractivity contribution < 1.29 is 13.2 Å². The van der Waals surface area contributed by atoms with Gasteiger partial charge in [-0.05, 0) is 75.9 Å². The van der Waals surface area contributed by atoms with Crippen molar-refractivity contribution in [3.8, 4) is 0 Å². The molecule has 0 radical (unpaired) electrons. The highest BCUT2D eigenvalue weighted by atomic mass is 35.5. The third-order valence-electron chi connectivity index (χ3n) is 4.49. The van der Waals surface area contributed by atoms with E-state index in [0.717, 1.165) is 25.9 Å². The van der Waals surface area contributed by atoms with Crippen LogP contribution >= 0.6 is 12.4 Å². The average Bonchev–Trinajstić information content (AvgIpc) is 2.55. The van der Waals surface area contributed by atoms with Crippen molar-refractivity contribution >= 4 is 34.0 Å². The van der Waals surface area contributed by atoms with Crippen molar-refractivity contribution in [2.45, 2.75) is 51.0 Å². The number of hydrogen-bond donors (Lipinski definition) is 3. The highest BCUT2D eigenvalue weighted by Gasteiger charge is 2.22. The first kappa shape index (κ1) is 22.9. The number of carbonyl (C=O) groups excluding carboxylic acids is 1. The summed E-state index contributed by atoms with van der Waals surface area (Å²) in [5.41, 5.74) is 0.613. The van der Waals surface area contributed by atoms with E-state index in [1.807, 2.05) is 0 Å². The number of anilines is 1. The van der Waals surface area contributed by atoms with Gasteiger partial charge in [-0.15, -0.1) is 12.4 Å². The Morgan fingerprint density at radius 1 is 1.23 bits per heavy atom. The first-order valence-electron chi connectivity index (χ1n) is 8.91. The van der Waals surface area contributed by atoms with Gasteiger partial charge < -0.3 is 10.6 Å². The van der Waals surface area contributed by atoms with Gasteiger partial charge in [0.15, 0.2) is 0 Å². The Bertz CT molecular complexity index is 671. The predicted molar refractivity (Wildman–Crippen MR) is 107 cm³/mol. The zero-order valence-electron chi connectivity index (χ0n) is 15.6. The number of halogens is 1. The van der Waals surface area contributed by atoms with Gasteiger partial charge in [0.1, 0.15) is 0 Å². The van der Waals surface area contributed by atoms with Crippen molar-refractivity contribution in [3.05, 3.63) is 24.3 Å². The molecule has 1 saturated heterocycles. The Labute approximate surface area is 163 Å². The summed E-state index contributed by atoms with van der Waals surface area (Å²) in [5.74, 6) is 0.825. The standard InChI is InChI=1S/C18H29N3O3S.ClH/c1-13(2)21-25(23,24)17-8-6-16(7-9-17)20-18(22)11-14(3)15-5-4-10-19-12-15;/h6-9,13-15,19,21H,4-5,10-12H2,1-3H3,(H,20,22);1H. The van der Waals surface area contributed by atoms with E-state index in [0.29, 0.717) is 23.9 Å². The Balaban J connectivity index is 0.00000338. The van der Waals surface area contributed by atoms with Gasteiger partial charge in [-0.1, -0.05) is 6.92 Å². The number of carbonyl (C=O) groups is 1. The van der Waals surface area contributed by atoms with Gasteiger partial charge in [0.05, 0.1) is 4.90 Å². The Morgan fingerprint density at radius 2 is 1.88 bits per heavy atom. The Morgan fingerprint density at radius 3 is 2.42 bits per heavy atom. The predicted octanol–water partition coefficient (Wildman–Crippen LogP) is 2.76. The largest absolute Gasteiger partial charge is 0.326 e. The molecule has 3 N–H and O–H groups in total. The second kappa shape index (κ2) is 10.3. The molecule has 1 aromatic rings. The molecule has 0 bridgehead atoms. The summed E-state index contributed by atoms with van der Waals surface area (Å²) in [6.45, 7) is 7.70. The third-order valence-corrected chi connectivity index (χ3v) is 6.16. The molecule has 0 aromatic heterocycles. The molecule has 8 heteroatoms. The van der Waals surface area contributed by atoms with Crippen molar-refractivity contribution in [2.75, 3.05) is 18.4 Å². The molecule has 1 amide bonds. The van der Waals surface area contributed by atoms with Crippen LogP contribution in [0.5, 0.6) is 0 Å². The molecule has 148 valence electrons. The lowest BCUT2D eigenvalue weighted by atomic mass is 9.85. The van der Waals surface area contributed by atoms with E-state index in [1.165, 1.54) is 12.1 Å². The second-order valence-corrected chi connectivity index (χ2v) is 8.85. The van der Waals surface area contributed by atoms with E-state index in [9.17, 15) is 13.2 Å². The maximum atomic E-state index is 12.2. The van der Waals surface area contributed by atoms with E-state index in [-0.39, 0.29) is 29.3 Å². The third kappa shape index (κ3) is 6.87. The van der Waals surface area contributed by atoms with Gasteiger partial charge >= 0.3 is 0 Å². The van der Waals surface area contributed by atoms with Crippen LogP contribution in [0.4, 0.5) is 5.69 Å². The molecule has 1 heterocycles. The average molecular weight is 404 g/mol. The van der Waals surface area contributed by atoms with Crippen LogP contribution in [0.3, 0.4) is 0 Å². The summed E-state index contributed by atoms with van der Waals surface area (Å²) in [5, 5.41) is 6.23. The second-order valence-electron chi connectivity index (χ2n) is 7.14. The Hall–Kier alpha value is -1.15. The van der Waals surface area contributed by atoms with Crippen molar-refractivity contribution in [1.82, 2.24) is 10.0 Å². The van der Waals surface area contributed by atoms with Crippen LogP contribution in [-0.4, -0.2) is 33.5 Å². The number of amides is 1. The number of sulfonamides is 1.